The Balaban J connectivity index is 1.77. The van der Waals surface area contributed by atoms with Gasteiger partial charge in [-0.2, -0.15) is 13.2 Å². The molecule has 1 aromatic heterocycles. The van der Waals surface area contributed by atoms with Gasteiger partial charge in [0.2, 0.25) is 11.2 Å². The third-order valence-corrected chi connectivity index (χ3v) is 5.38. The molecule has 4 aromatic rings. The number of carbonyl (C=O) groups is 1. The normalized spacial score (nSPS) is 11.5. The summed E-state index contributed by atoms with van der Waals surface area (Å²) >= 11 is 0. The van der Waals surface area contributed by atoms with E-state index in [0.717, 1.165) is 17.2 Å². The largest absolute Gasteiger partial charge is 0.453 e. The van der Waals surface area contributed by atoms with Crippen molar-refractivity contribution >= 4 is 16.9 Å². The van der Waals surface area contributed by atoms with Gasteiger partial charge in [0.25, 0.3) is 5.76 Å². The molecular formula is C27H21F3O5. The van der Waals surface area contributed by atoms with E-state index in [9.17, 15) is 22.8 Å². The Morgan fingerprint density at radius 3 is 2.17 bits per heavy atom. The van der Waals surface area contributed by atoms with Crippen LogP contribution in [0.2, 0.25) is 0 Å². The first-order valence-corrected chi connectivity index (χ1v) is 10.7. The van der Waals surface area contributed by atoms with Crippen LogP contribution in [0.25, 0.3) is 11.0 Å². The Morgan fingerprint density at radius 1 is 0.857 bits per heavy atom. The van der Waals surface area contributed by atoms with Crippen molar-refractivity contribution in [3.63, 3.8) is 0 Å². The summed E-state index contributed by atoms with van der Waals surface area (Å²) in [6, 6.07) is 13.6. The lowest BCUT2D eigenvalue weighted by Crippen LogP contribution is -2.16. The number of esters is 1. The third-order valence-electron chi connectivity index (χ3n) is 5.38. The van der Waals surface area contributed by atoms with Crippen LogP contribution in [-0.2, 0) is 6.18 Å². The highest BCUT2D eigenvalue weighted by Gasteiger charge is 2.40. The molecule has 0 radical (unpaired) electrons. The number of ether oxygens (including phenoxy) is 2. The predicted molar refractivity (Wildman–Crippen MR) is 124 cm³/mol. The van der Waals surface area contributed by atoms with E-state index in [-0.39, 0.29) is 22.5 Å². The minimum Gasteiger partial charge on any atom is -0.449 e. The summed E-state index contributed by atoms with van der Waals surface area (Å²) in [6.07, 6.45) is -5.00. The number of hydrogen-bond acceptors (Lipinski definition) is 5. The quantitative estimate of drug-likeness (QED) is 0.230. The van der Waals surface area contributed by atoms with Crippen LogP contribution in [0.15, 0.2) is 63.8 Å². The molecule has 0 aliphatic carbocycles. The van der Waals surface area contributed by atoms with Crippen LogP contribution >= 0.6 is 0 Å². The maximum Gasteiger partial charge on any atom is 0.453 e. The number of carbonyl (C=O) groups excluding carboxylic acids is 1. The van der Waals surface area contributed by atoms with Gasteiger partial charge >= 0.3 is 12.1 Å². The molecule has 180 valence electrons. The van der Waals surface area contributed by atoms with Gasteiger partial charge in [-0.25, -0.2) is 4.79 Å². The fourth-order valence-corrected chi connectivity index (χ4v) is 3.96. The molecule has 0 amide bonds. The second kappa shape index (κ2) is 8.94. The van der Waals surface area contributed by atoms with Gasteiger partial charge in [0.1, 0.15) is 17.1 Å². The zero-order valence-electron chi connectivity index (χ0n) is 19.4. The summed E-state index contributed by atoms with van der Waals surface area (Å²) in [5, 5.41) is -0.150. The first-order chi connectivity index (χ1) is 16.4. The van der Waals surface area contributed by atoms with E-state index in [1.54, 1.807) is 32.9 Å². The van der Waals surface area contributed by atoms with Gasteiger partial charge < -0.3 is 13.9 Å². The second-order valence-corrected chi connectivity index (χ2v) is 8.33. The first kappa shape index (κ1) is 24.1. The van der Waals surface area contributed by atoms with E-state index >= 15 is 0 Å². The number of aryl methyl sites for hydroxylation is 4. The highest BCUT2D eigenvalue weighted by atomic mass is 19.4. The van der Waals surface area contributed by atoms with E-state index < -0.39 is 29.1 Å². The molecule has 0 saturated heterocycles. The van der Waals surface area contributed by atoms with Crippen molar-refractivity contribution < 1.29 is 31.9 Å². The third kappa shape index (κ3) is 4.91. The van der Waals surface area contributed by atoms with Gasteiger partial charge in [0.05, 0.1) is 10.9 Å². The van der Waals surface area contributed by atoms with E-state index in [1.807, 2.05) is 19.1 Å². The Bertz CT molecular complexity index is 1490. The SMILES string of the molecule is Cc1cccc(Oc2c(C(F)(F)F)oc3cc(OC(=O)c4c(C)cc(C)cc4C)ccc3c2=O)c1. The number of fused-ring (bicyclic) bond motifs is 1. The predicted octanol–water partition coefficient (Wildman–Crippen LogP) is 7.06. The summed E-state index contributed by atoms with van der Waals surface area (Å²) in [5.74, 6) is -3.21. The van der Waals surface area contributed by atoms with E-state index in [4.69, 9.17) is 13.9 Å². The van der Waals surface area contributed by atoms with Crippen LogP contribution in [0, 0.1) is 27.7 Å². The summed E-state index contributed by atoms with van der Waals surface area (Å²) in [5.41, 5.74) is 2.10. The molecule has 0 aliphatic heterocycles. The number of hydrogen-bond donors (Lipinski definition) is 0. The highest BCUT2D eigenvalue weighted by molar-refractivity contribution is 5.94. The van der Waals surface area contributed by atoms with E-state index in [2.05, 4.69) is 0 Å². The fraction of sp³-hybridized carbons (Fsp3) is 0.185. The molecule has 4 rings (SSSR count). The van der Waals surface area contributed by atoms with Gasteiger partial charge in [-0.1, -0.05) is 29.8 Å². The lowest BCUT2D eigenvalue weighted by Gasteiger charge is -2.14. The zero-order valence-corrected chi connectivity index (χ0v) is 19.4. The van der Waals surface area contributed by atoms with Gasteiger partial charge in [-0.05, 0) is 68.7 Å². The maximum atomic E-state index is 13.8. The monoisotopic (exact) mass is 482 g/mol. The molecule has 0 N–H and O–H groups in total. The van der Waals surface area contributed by atoms with Gasteiger partial charge in [0, 0.05) is 6.07 Å². The van der Waals surface area contributed by atoms with Crippen LogP contribution in [0.5, 0.6) is 17.2 Å². The molecule has 3 aromatic carbocycles. The first-order valence-electron chi connectivity index (χ1n) is 10.7. The van der Waals surface area contributed by atoms with Crippen LogP contribution in [0.3, 0.4) is 0 Å². The van der Waals surface area contributed by atoms with Crippen molar-refractivity contribution in [3.8, 4) is 17.2 Å². The molecule has 1 heterocycles. The number of benzene rings is 3. The summed E-state index contributed by atoms with van der Waals surface area (Å²) in [6.45, 7) is 7.17. The van der Waals surface area contributed by atoms with Crippen LogP contribution in [0.1, 0.15) is 38.4 Å². The van der Waals surface area contributed by atoms with Gasteiger partial charge in [-0.15, -0.1) is 0 Å². The molecule has 0 bridgehead atoms. The van der Waals surface area contributed by atoms with Gasteiger partial charge in [-0.3, -0.25) is 4.79 Å². The smallest absolute Gasteiger partial charge is 0.449 e. The Labute approximate surface area is 198 Å². The molecular weight excluding hydrogens is 461 g/mol. The molecule has 0 atom stereocenters. The topological polar surface area (TPSA) is 65.7 Å². The van der Waals surface area contributed by atoms with Crippen LogP contribution < -0.4 is 14.9 Å². The highest BCUT2D eigenvalue weighted by Crippen LogP contribution is 2.38. The minimum absolute atomic E-state index is 0.0643. The minimum atomic E-state index is -5.00. The molecule has 0 saturated carbocycles. The number of rotatable bonds is 4. The van der Waals surface area contributed by atoms with Crippen molar-refractivity contribution in [1.82, 2.24) is 0 Å². The Morgan fingerprint density at radius 2 is 1.54 bits per heavy atom. The molecule has 8 heteroatoms. The zero-order chi connectivity index (χ0) is 25.5. The molecule has 0 spiro atoms. The maximum absolute atomic E-state index is 13.8. The summed E-state index contributed by atoms with van der Waals surface area (Å²) < 4.78 is 57.2. The summed E-state index contributed by atoms with van der Waals surface area (Å²) in [7, 11) is 0. The molecule has 35 heavy (non-hydrogen) atoms. The van der Waals surface area contributed by atoms with Crippen molar-refractivity contribution in [1.29, 1.82) is 0 Å². The van der Waals surface area contributed by atoms with Crippen LogP contribution in [0.4, 0.5) is 13.2 Å². The van der Waals surface area contributed by atoms with Crippen LogP contribution in [-0.4, -0.2) is 5.97 Å². The average molecular weight is 482 g/mol. The van der Waals surface area contributed by atoms with Gasteiger partial charge in [0.15, 0.2) is 0 Å². The molecule has 0 fully saturated rings. The van der Waals surface area contributed by atoms with Crippen molar-refractivity contribution in [2.75, 3.05) is 0 Å². The van der Waals surface area contributed by atoms with Crippen molar-refractivity contribution in [2.24, 2.45) is 0 Å². The lowest BCUT2D eigenvalue weighted by atomic mass is 10.00. The molecule has 0 aliphatic rings. The molecule has 0 unspecified atom stereocenters. The summed E-state index contributed by atoms with van der Waals surface area (Å²) in [4.78, 5) is 25.7. The van der Waals surface area contributed by atoms with Crippen molar-refractivity contribution in [2.45, 2.75) is 33.9 Å². The average Bonchev–Trinajstić information content (AvgIpc) is 2.74. The standard InChI is InChI=1S/C27H21F3O5/c1-14-6-5-7-18(12-14)33-24-23(31)20-9-8-19(13-21(20)35-25(24)27(28,29)30)34-26(32)22-16(3)10-15(2)11-17(22)4/h5-13H,1-4H3. The van der Waals surface area contributed by atoms with Crippen molar-refractivity contribution in [3.05, 3.63) is 98.4 Å². The Hall–Kier alpha value is -4.07. The fourth-order valence-electron chi connectivity index (χ4n) is 3.96. The van der Waals surface area contributed by atoms with E-state index in [0.29, 0.717) is 16.7 Å². The molecule has 5 nitrogen and oxygen atoms in total. The Kier molecular flexibility index (Phi) is 6.15. The second-order valence-electron chi connectivity index (χ2n) is 8.33. The van der Waals surface area contributed by atoms with E-state index in [1.165, 1.54) is 24.3 Å². The number of halogens is 3. The number of alkyl halides is 3. The lowest BCUT2D eigenvalue weighted by molar-refractivity contribution is -0.154.